The quantitative estimate of drug-likeness (QED) is 0.742. The van der Waals surface area contributed by atoms with Gasteiger partial charge in [-0.2, -0.15) is 0 Å². The molecular formula is C21H20FN3O. The van der Waals surface area contributed by atoms with Gasteiger partial charge >= 0.3 is 0 Å². The van der Waals surface area contributed by atoms with Crippen LogP contribution in [0.5, 0.6) is 0 Å². The Morgan fingerprint density at radius 2 is 1.77 bits per heavy atom. The summed E-state index contributed by atoms with van der Waals surface area (Å²) in [6.45, 7) is 1.60. The van der Waals surface area contributed by atoms with Gasteiger partial charge in [0, 0.05) is 30.4 Å². The Kier molecular flexibility index (Phi) is 4.52. The number of anilines is 2. The van der Waals surface area contributed by atoms with E-state index >= 15 is 0 Å². The van der Waals surface area contributed by atoms with E-state index in [1.165, 1.54) is 18.6 Å². The van der Waals surface area contributed by atoms with Gasteiger partial charge in [0.15, 0.2) is 0 Å². The van der Waals surface area contributed by atoms with Crippen LogP contribution in [0.1, 0.15) is 29.6 Å². The number of fused-ring (bicyclic) bond motifs is 1. The lowest BCUT2D eigenvalue weighted by molar-refractivity contribution is 0.0726. The summed E-state index contributed by atoms with van der Waals surface area (Å²) in [5.41, 5.74) is 1.24. The van der Waals surface area contributed by atoms with Gasteiger partial charge in [-0.1, -0.05) is 30.3 Å². The molecule has 1 fully saturated rings. The maximum atomic E-state index is 13.4. The van der Waals surface area contributed by atoms with Crippen LogP contribution in [0.25, 0.3) is 10.8 Å². The Balaban J connectivity index is 1.72. The van der Waals surface area contributed by atoms with Crippen molar-refractivity contribution in [3.05, 3.63) is 66.1 Å². The number of piperidine rings is 1. The summed E-state index contributed by atoms with van der Waals surface area (Å²) in [6, 6.07) is 13.9. The number of hydrogen-bond donors (Lipinski definition) is 1. The molecular weight excluding hydrogens is 329 g/mol. The second-order valence-electron chi connectivity index (χ2n) is 6.55. The molecule has 1 aliphatic rings. The first-order valence-electron chi connectivity index (χ1n) is 8.92. The Morgan fingerprint density at radius 1 is 1.00 bits per heavy atom. The van der Waals surface area contributed by atoms with Gasteiger partial charge in [-0.05, 0) is 42.8 Å². The molecule has 0 saturated carbocycles. The molecule has 3 aromatic rings. The fraction of sp³-hybridized carbons (Fsp3) is 0.238. The van der Waals surface area contributed by atoms with E-state index in [1.807, 2.05) is 29.2 Å². The summed E-state index contributed by atoms with van der Waals surface area (Å²) in [5, 5.41) is 4.86. The van der Waals surface area contributed by atoms with Crippen LogP contribution in [0, 0.1) is 5.82 Å². The van der Waals surface area contributed by atoms with Gasteiger partial charge in [0.05, 0.1) is 5.56 Å². The summed E-state index contributed by atoms with van der Waals surface area (Å²) in [6.07, 6.45) is 4.91. The zero-order valence-corrected chi connectivity index (χ0v) is 14.4. The van der Waals surface area contributed by atoms with Gasteiger partial charge in [-0.15, -0.1) is 0 Å². The highest BCUT2D eigenvalue weighted by molar-refractivity contribution is 6.09. The Labute approximate surface area is 151 Å². The fourth-order valence-electron chi connectivity index (χ4n) is 3.43. The third kappa shape index (κ3) is 3.25. The number of amides is 1. The number of hydrogen-bond acceptors (Lipinski definition) is 3. The number of carbonyl (C=O) groups excluding carboxylic acids is 1. The van der Waals surface area contributed by atoms with E-state index in [2.05, 4.69) is 10.3 Å². The zero-order chi connectivity index (χ0) is 17.9. The highest BCUT2D eigenvalue weighted by Crippen LogP contribution is 2.28. The molecule has 4 nitrogen and oxygen atoms in total. The van der Waals surface area contributed by atoms with E-state index in [9.17, 15) is 9.18 Å². The second kappa shape index (κ2) is 7.12. The minimum Gasteiger partial charge on any atom is -0.340 e. The lowest BCUT2D eigenvalue weighted by atomic mass is 10.0. The standard InChI is InChI=1S/C21H20FN3O/c22-15-7-6-8-16(13-15)24-20-18-10-3-2-9-17(18)19(14-23-20)21(26)25-11-4-1-5-12-25/h2-3,6-10,13-14H,1,4-5,11-12H2,(H,23,24). The van der Waals surface area contributed by atoms with Crippen molar-refractivity contribution in [1.82, 2.24) is 9.88 Å². The monoisotopic (exact) mass is 349 g/mol. The molecule has 1 aliphatic heterocycles. The highest BCUT2D eigenvalue weighted by atomic mass is 19.1. The number of carbonyl (C=O) groups is 1. The third-order valence-electron chi connectivity index (χ3n) is 4.76. The molecule has 2 aromatic carbocycles. The SMILES string of the molecule is O=C(c1cnc(Nc2cccc(F)c2)c2ccccc12)N1CCCCC1. The molecule has 0 bridgehead atoms. The molecule has 5 heteroatoms. The van der Waals surface area contributed by atoms with E-state index in [1.54, 1.807) is 18.3 Å². The molecule has 1 N–H and O–H groups in total. The molecule has 4 rings (SSSR count). The second-order valence-corrected chi connectivity index (χ2v) is 6.55. The van der Waals surface area contributed by atoms with Crippen LogP contribution in [0.4, 0.5) is 15.9 Å². The molecule has 0 aliphatic carbocycles. The van der Waals surface area contributed by atoms with E-state index in [4.69, 9.17) is 0 Å². The number of pyridine rings is 1. The Bertz CT molecular complexity index is 951. The van der Waals surface area contributed by atoms with Gasteiger partial charge in [0.2, 0.25) is 0 Å². The van der Waals surface area contributed by atoms with Gasteiger partial charge in [0.25, 0.3) is 5.91 Å². The Hall–Kier alpha value is -2.95. The van der Waals surface area contributed by atoms with Crippen molar-refractivity contribution in [2.75, 3.05) is 18.4 Å². The largest absolute Gasteiger partial charge is 0.340 e. The predicted molar refractivity (Wildman–Crippen MR) is 101 cm³/mol. The van der Waals surface area contributed by atoms with E-state index < -0.39 is 0 Å². The number of likely N-dealkylation sites (tertiary alicyclic amines) is 1. The number of benzene rings is 2. The lowest BCUT2D eigenvalue weighted by Gasteiger charge is -2.27. The van der Waals surface area contributed by atoms with Gasteiger partial charge in [0.1, 0.15) is 11.6 Å². The third-order valence-corrected chi connectivity index (χ3v) is 4.76. The predicted octanol–water partition coefficient (Wildman–Crippen LogP) is 4.74. The summed E-state index contributed by atoms with van der Waals surface area (Å²) >= 11 is 0. The number of nitrogens with one attached hydrogen (secondary N) is 1. The number of rotatable bonds is 3. The summed E-state index contributed by atoms with van der Waals surface area (Å²) in [4.78, 5) is 19.3. The molecule has 132 valence electrons. The number of nitrogens with zero attached hydrogens (tertiary/aromatic N) is 2. The first kappa shape index (κ1) is 16.5. The molecule has 1 saturated heterocycles. The molecule has 1 amide bonds. The molecule has 1 aromatic heterocycles. The van der Waals surface area contributed by atoms with Crippen molar-refractivity contribution in [3.63, 3.8) is 0 Å². The zero-order valence-electron chi connectivity index (χ0n) is 14.4. The molecule has 0 spiro atoms. The van der Waals surface area contributed by atoms with E-state index in [0.29, 0.717) is 17.1 Å². The molecule has 26 heavy (non-hydrogen) atoms. The van der Waals surface area contributed by atoms with Crippen LogP contribution in [0.15, 0.2) is 54.7 Å². The normalized spacial score (nSPS) is 14.4. The average Bonchev–Trinajstić information content (AvgIpc) is 2.68. The van der Waals surface area contributed by atoms with Crippen LogP contribution in [-0.2, 0) is 0 Å². The fourth-order valence-corrected chi connectivity index (χ4v) is 3.43. The van der Waals surface area contributed by atoms with E-state index in [-0.39, 0.29) is 11.7 Å². The van der Waals surface area contributed by atoms with Crippen molar-refractivity contribution < 1.29 is 9.18 Å². The maximum Gasteiger partial charge on any atom is 0.256 e. The summed E-state index contributed by atoms with van der Waals surface area (Å²) < 4.78 is 13.4. The van der Waals surface area contributed by atoms with Gasteiger partial charge in [-0.3, -0.25) is 4.79 Å². The maximum absolute atomic E-state index is 13.4. The van der Waals surface area contributed by atoms with Crippen molar-refractivity contribution >= 4 is 28.2 Å². The molecule has 2 heterocycles. The van der Waals surface area contributed by atoms with Crippen LogP contribution in [-0.4, -0.2) is 28.9 Å². The first-order chi connectivity index (χ1) is 12.7. The molecule has 0 radical (unpaired) electrons. The van der Waals surface area contributed by atoms with Gasteiger partial charge in [-0.25, -0.2) is 9.37 Å². The van der Waals surface area contributed by atoms with Crippen LogP contribution in [0.3, 0.4) is 0 Å². The van der Waals surface area contributed by atoms with Gasteiger partial charge < -0.3 is 10.2 Å². The molecule has 0 unspecified atom stereocenters. The van der Waals surface area contributed by atoms with Crippen LogP contribution >= 0.6 is 0 Å². The minimum atomic E-state index is -0.309. The highest BCUT2D eigenvalue weighted by Gasteiger charge is 2.21. The molecule has 0 atom stereocenters. The lowest BCUT2D eigenvalue weighted by Crippen LogP contribution is -2.35. The summed E-state index contributed by atoms with van der Waals surface area (Å²) in [5.74, 6) is 0.336. The number of aromatic nitrogens is 1. The van der Waals surface area contributed by atoms with Crippen molar-refractivity contribution in [1.29, 1.82) is 0 Å². The number of halogens is 1. The smallest absolute Gasteiger partial charge is 0.256 e. The first-order valence-corrected chi connectivity index (χ1v) is 8.92. The van der Waals surface area contributed by atoms with E-state index in [0.717, 1.165) is 36.7 Å². The topological polar surface area (TPSA) is 45.2 Å². The van der Waals surface area contributed by atoms with Crippen LogP contribution in [0.2, 0.25) is 0 Å². The summed E-state index contributed by atoms with van der Waals surface area (Å²) in [7, 11) is 0. The average molecular weight is 349 g/mol. The van der Waals surface area contributed by atoms with Crippen molar-refractivity contribution in [2.45, 2.75) is 19.3 Å². The van der Waals surface area contributed by atoms with Crippen LogP contribution < -0.4 is 5.32 Å². The van der Waals surface area contributed by atoms with Crippen molar-refractivity contribution in [2.24, 2.45) is 0 Å². The Morgan fingerprint density at radius 3 is 2.54 bits per heavy atom. The minimum absolute atomic E-state index is 0.0331. The van der Waals surface area contributed by atoms with Crippen molar-refractivity contribution in [3.8, 4) is 0 Å².